The van der Waals surface area contributed by atoms with Crippen molar-refractivity contribution in [3.05, 3.63) is 66.2 Å². The SMILES string of the molecule is CCOc1cc(/C=N\NC(=O)CNc2ccc3ccccc3c2)ccc1O. The van der Waals surface area contributed by atoms with Gasteiger partial charge < -0.3 is 15.2 Å². The van der Waals surface area contributed by atoms with Gasteiger partial charge in [0.15, 0.2) is 11.5 Å². The Hall–Kier alpha value is -3.54. The molecule has 3 N–H and O–H groups in total. The van der Waals surface area contributed by atoms with Gasteiger partial charge in [-0.15, -0.1) is 0 Å². The fraction of sp³-hybridized carbons (Fsp3) is 0.143. The molecule has 0 aliphatic rings. The van der Waals surface area contributed by atoms with Crippen LogP contribution in [0, 0.1) is 0 Å². The quantitative estimate of drug-likeness (QED) is 0.443. The fourth-order valence-corrected chi connectivity index (χ4v) is 2.58. The zero-order valence-corrected chi connectivity index (χ0v) is 15.0. The van der Waals surface area contributed by atoms with Crippen molar-refractivity contribution in [3.63, 3.8) is 0 Å². The summed E-state index contributed by atoms with van der Waals surface area (Å²) in [6.07, 6.45) is 1.50. The van der Waals surface area contributed by atoms with Crippen molar-refractivity contribution in [1.82, 2.24) is 5.43 Å². The number of nitrogens with zero attached hydrogens (tertiary/aromatic N) is 1. The number of aromatic hydroxyl groups is 1. The van der Waals surface area contributed by atoms with Crippen molar-refractivity contribution >= 4 is 28.6 Å². The Bertz CT molecular complexity index is 970. The second-order valence-electron chi connectivity index (χ2n) is 5.87. The van der Waals surface area contributed by atoms with Crippen LogP contribution < -0.4 is 15.5 Å². The number of hydrogen-bond donors (Lipinski definition) is 3. The lowest BCUT2D eigenvalue weighted by molar-refractivity contribution is -0.119. The molecule has 0 atom stereocenters. The number of rotatable bonds is 7. The van der Waals surface area contributed by atoms with Crippen molar-refractivity contribution < 1.29 is 14.6 Å². The highest BCUT2D eigenvalue weighted by Gasteiger charge is 2.03. The third-order valence-electron chi connectivity index (χ3n) is 3.89. The Balaban J connectivity index is 1.53. The third-order valence-corrected chi connectivity index (χ3v) is 3.89. The molecule has 0 bridgehead atoms. The third kappa shape index (κ3) is 4.98. The van der Waals surface area contributed by atoms with E-state index in [9.17, 15) is 9.90 Å². The monoisotopic (exact) mass is 363 g/mol. The normalized spacial score (nSPS) is 10.9. The Morgan fingerprint density at radius 2 is 1.93 bits per heavy atom. The summed E-state index contributed by atoms with van der Waals surface area (Å²) in [4.78, 5) is 11.9. The van der Waals surface area contributed by atoms with Crippen LogP contribution in [0.5, 0.6) is 11.5 Å². The van der Waals surface area contributed by atoms with Gasteiger partial charge in [0, 0.05) is 5.69 Å². The first-order chi connectivity index (χ1) is 13.2. The summed E-state index contributed by atoms with van der Waals surface area (Å²) < 4.78 is 5.31. The summed E-state index contributed by atoms with van der Waals surface area (Å²) in [5, 5.41) is 18.9. The number of nitrogens with one attached hydrogen (secondary N) is 2. The number of amides is 1. The molecule has 0 unspecified atom stereocenters. The maximum Gasteiger partial charge on any atom is 0.259 e. The summed E-state index contributed by atoms with van der Waals surface area (Å²) in [6, 6.07) is 18.8. The van der Waals surface area contributed by atoms with E-state index in [1.807, 2.05) is 49.4 Å². The van der Waals surface area contributed by atoms with Crippen molar-refractivity contribution in [2.24, 2.45) is 5.10 Å². The van der Waals surface area contributed by atoms with Gasteiger partial charge in [0.1, 0.15) is 0 Å². The topological polar surface area (TPSA) is 83.0 Å². The van der Waals surface area contributed by atoms with Crippen LogP contribution in [0.4, 0.5) is 5.69 Å². The lowest BCUT2D eigenvalue weighted by Crippen LogP contribution is -2.25. The second kappa shape index (κ2) is 8.71. The molecule has 1 amide bonds. The molecule has 6 heteroatoms. The molecule has 0 heterocycles. The van der Waals surface area contributed by atoms with Gasteiger partial charge in [-0.3, -0.25) is 4.79 Å². The molecule has 0 spiro atoms. The highest BCUT2D eigenvalue weighted by atomic mass is 16.5. The molecule has 0 aliphatic heterocycles. The number of benzene rings is 3. The molecule has 0 aliphatic carbocycles. The van der Waals surface area contributed by atoms with E-state index in [1.54, 1.807) is 12.1 Å². The Kier molecular flexibility index (Phi) is 5.89. The predicted molar refractivity (Wildman–Crippen MR) is 107 cm³/mol. The van der Waals surface area contributed by atoms with Crippen LogP contribution in [0.2, 0.25) is 0 Å². The minimum atomic E-state index is -0.261. The Labute approximate surface area is 157 Å². The van der Waals surface area contributed by atoms with Crippen LogP contribution in [0.3, 0.4) is 0 Å². The minimum absolute atomic E-state index is 0.0672. The minimum Gasteiger partial charge on any atom is -0.504 e. The van der Waals surface area contributed by atoms with Gasteiger partial charge in [0.2, 0.25) is 0 Å². The molecular weight excluding hydrogens is 342 g/mol. The lowest BCUT2D eigenvalue weighted by atomic mass is 10.1. The second-order valence-corrected chi connectivity index (χ2v) is 5.87. The molecule has 138 valence electrons. The van der Waals surface area contributed by atoms with Gasteiger partial charge in [-0.1, -0.05) is 30.3 Å². The lowest BCUT2D eigenvalue weighted by Gasteiger charge is -2.07. The van der Waals surface area contributed by atoms with Gasteiger partial charge in [0.05, 0.1) is 19.4 Å². The Morgan fingerprint density at radius 3 is 2.74 bits per heavy atom. The Morgan fingerprint density at radius 1 is 1.11 bits per heavy atom. The van der Waals surface area contributed by atoms with E-state index in [4.69, 9.17) is 4.74 Å². The summed E-state index contributed by atoms with van der Waals surface area (Å²) in [5.41, 5.74) is 4.05. The first-order valence-electron chi connectivity index (χ1n) is 8.66. The van der Waals surface area contributed by atoms with Gasteiger partial charge in [-0.05, 0) is 53.6 Å². The van der Waals surface area contributed by atoms with Crippen LogP contribution >= 0.6 is 0 Å². The van der Waals surface area contributed by atoms with E-state index in [2.05, 4.69) is 15.8 Å². The van der Waals surface area contributed by atoms with Crippen molar-refractivity contribution in [2.45, 2.75) is 6.92 Å². The summed E-state index contributed by atoms with van der Waals surface area (Å²) in [7, 11) is 0. The van der Waals surface area contributed by atoms with Crippen molar-refractivity contribution in [2.75, 3.05) is 18.5 Å². The summed E-state index contributed by atoms with van der Waals surface area (Å²) >= 11 is 0. The summed E-state index contributed by atoms with van der Waals surface area (Å²) in [6.45, 7) is 2.39. The van der Waals surface area contributed by atoms with E-state index in [1.165, 1.54) is 12.3 Å². The van der Waals surface area contributed by atoms with Gasteiger partial charge in [0.25, 0.3) is 5.91 Å². The molecule has 27 heavy (non-hydrogen) atoms. The van der Waals surface area contributed by atoms with Crippen LogP contribution in [0.25, 0.3) is 10.8 Å². The molecule has 0 saturated heterocycles. The van der Waals surface area contributed by atoms with E-state index >= 15 is 0 Å². The highest BCUT2D eigenvalue weighted by Crippen LogP contribution is 2.26. The molecule has 3 aromatic rings. The smallest absolute Gasteiger partial charge is 0.259 e. The number of ether oxygens (including phenoxy) is 1. The van der Waals surface area contributed by atoms with Gasteiger partial charge in [-0.2, -0.15) is 5.10 Å². The molecule has 0 saturated carbocycles. The summed E-state index contributed by atoms with van der Waals surface area (Å²) in [5.74, 6) is 0.187. The predicted octanol–water partition coefficient (Wildman–Crippen LogP) is 3.51. The average molecular weight is 363 g/mol. The zero-order chi connectivity index (χ0) is 19.1. The van der Waals surface area contributed by atoms with Crippen LogP contribution in [-0.4, -0.2) is 30.4 Å². The molecule has 3 aromatic carbocycles. The van der Waals surface area contributed by atoms with Crippen molar-refractivity contribution in [1.29, 1.82) is 0 Å². The average Bonchev–Trinajstić information content (AvgIpc) is 2.69. The van der Waals surface area contributed by atoms with E-state index in [0.29, 0.717) is 17.9 Å². The highest BCUT2D eigenvalue weighted by molar-refractivity contribution is 5.87. The zero-order valence-electron chi connectivity index (χ0n) is 15.0. The molecular formula is C21H21N3O3. The molecule has 6 nitrogen and oxygen atoms in total. The largest absolute Gasteiger partial charge is 0.504 e. The molecule has 0 aromatic heterocycles. The van der Waals surface area contributed by atoms with E-state index in [-0.39, 0.29) is 18.2 Å². The first-order valence-corrected chi connectivity index (χ1v) is 8.66. The van der Waals surface area contributed by atoms with E-state index in [0.717, 1.165) is 16.5 Å². The fourth-order valence-electron chi connectivity index (χ4n) is 2.58. The van der Waals surface area contributed by atoms with Crippen molar-refractivity contribution in [3.8, 4) is 11.5 Å². The van der Waals surface area contributed by atoms with Crippen LogP contribution in [0.1, 0.15) is 12.5 Å². The van der Waals surface area contributed by atoms with Gasteiger partial charge >= 0.3 is 0 Å². The van der Waals surface area contributed by atoms with Crippen LogP contribution in [-0.2, 0) is 4.79 Å². The molecule has 0 radical (unpaired) electrons. The number of carbonyl (C=O) groups is 1. The molecule has 3 rings (SSSR count). The van der Waals surface area contributed by atoms with Gasteiger partial charge in [-0.25, -0.2) is 5.43 Å². The number of phenols is 1. The number of fused-ring (bicyclic) bond motifs is 1. The number of hydrazone groups is 1. The molecule has 0 fully saturated rings. The standard InChI is InChI=1S/C21H21N3O3/c1-2-27-20-11-15(7-10-19(20)25)13-23-24-21(26)14-22-18-9-8-16-5-3-4-6-17(16)12-18/h3-13,22,25H,2,14H2,1H3,(H,24,26)/b23-13-. The maximum absolute atomic E-state index is 11.9. The maximum atomic E-state index is 11.9. The number of anilines is 1. The van der Waals surface area contributed by atoms with E-state index < -0.39 is 0 Å². The number of hydrogen-bond acceptors (Lipinski definition) is 5. The first kappa shape index (κ1) is 18.3. The van der Waals surface area contributed by atoms with Crippen LogP contribution in [0.15, 0.2) is 65.8 Å². The number of carbonyl (C=O) groups excluding carboxylic acids is 1. The number of phenolic OH excluding ortho intramolecular Hbond substituents is 1.